The van der Waals surface area contributed by atoms with E-state index >= 15 is 0 Å². The van der Waals surface area contributed by atoms with Crippen LogP contribution in [0.5, 0.6) is 0 Å². The second-order valence-corrected chi connectivity index (χ2v) is 7.28. The number of benzene rings is 1. The average molecular weight is 369 g/mol. The lowest BCUT2D eigenvalue weighted by molar-refractivity contribution is 0.312. The molecule has 1 aliphatic rings. The molecule has 0 aliphatic carbocycles. The van der Waals surface area contributed by atoms with Crippen LogP contribution in [0.2, 0.25) is 0 Å². The molecule has 1 aromatic heterocycles. The van der Waals surface area contributed by atoms with E-state index < -0.39 is 0 Å². The van der Waals surface area contributed by atoms with Gasteiger partial charge in [0.1, 0.15) is 5.82 Å². The van der Waals surface area contributed by atoms with Crippen LogP contribution in [-0.4, -0.2) is 61.2 Å². The van der Waals surface area contributed by atoms with Crippen molar-refractivity contribution >= 4 is 23.1 Å². The van der Waals surface area contributed by atoms with Crippen LogP contribution in [0.3, 0.4) is 0 Å². The minimum Gasteiger partial charge on any atom is -0.372 e. The SMILES string of the molecule is CCN(CC)c1ccc(Nc2nc(C)cc(N3CCN(C)CC3)n2)c(C)c1. The fourth-order valence-electron chi connectivity index (χ4n) is 3.50. The van der Waals surface area contributed by atoms with Crippen molar-refractivity contribution in [2.75, 3.05) is 61.4 Å². The Morgan fingerprint density at radius 3 is 2.33 bits per heavy atom. The predicted molar refractivity (Wildman–Crippen MR) is 115 cm³/mol. The number of likely N-dealkylation sites (N-methyl/N-ethyl adjacent to an activating group) is 1. The highest BCUT2D eigenvalue weighted by Crippen LogP contribution is 2.25. The highest BCUT2D eigenvalue weighted by molar-refractivity contribution is 5.64. The lowest BCUT2D eigenvalue weighted by Gasteiger charge is -2.33. The van der Waals surface area contributed by atoms with Crippen molar-refractivity contribution in [3.8, 4) is 0 Å². The first-order valence-corrected chi connectivity index (χ1v) is 9.92. The number of aromatic nitrogens is 2. The van der Waals surface area contributed by atoms with Gasteiger partial charge in [-0.3, -0.25) is 0 Å². The molecule has 1 fully saturated rings. The molecule has 2 heterocycles. The van der Waals surface area contributed by atoms with E-state index in [9.17, 15) is 0 Å². The standard InChI is InChI=1S/C21H32N6/c1-6-26(7-2)18-8-9-19(16(3)14-18)23-21-22-17(4)15-20(24-21)27-12-10-25(5)11-13-27/h8-9,14-15H,6-7,10-13H2,1-5H3,(H,22,23,24). The van der Waals surface area contributed by atoms with Crippen LogP contribution in [0, 0.1) is 13.8 Å². The Bertz CT molecular complexity index is 763. The number of nitrogens with one attached hydrogen (secondary N) is 1. The summed E-state index contributed by atoms with van der Waals surface area (Å²) < 4.78 is 0. The average Bonchev–Trinajstić information content (AvgIpc) is 2.65. The van der Waals surface area contributed by atoms with E-state index in [1.54, 1.807) is 0 Å². The van der Waals surface area contributed by atoms with Gasteiger partial charge >= 0.3 is 0 Å². The molecule has 0 saturated carbocycles. The summed E-state index contributed by atoms with van der Waals surface area (Å²) in [4.78, 5) is 16.4. The summed E-state index contributed by atoms with van der Waals surface area (Å²) in [6.07, 6.45) is 0. The number of aryl methyl sites for hydroxylation is 2. The second kappa shape index (κ2) is 8.57. The van der Waals surface area contributed by atoms with Crippen LogP contribution >= 0.6 is 0 Å². The van der Waals surface area contributed by atoms with Crippen molar-refractivity contribution < 1.29 is 0 Å². The summed E-state index contributed by atoms with van der Waals surface area (Å²) in [7, 11) is 2.17. The third kappa shape index (κ3) is 4.69. The Hall–Kier alpha value is -2.34. The summed E-state index contributed by atoms with van der Waals surface area (Å²) in [5.41, 5.74) is 4.50. The molecule has 0 atom stereocenters. The molecule has 146 valence electrons. The topological polar surface area (TPSA) is 47.5 Å². The molecular formula is C21H32N6. The van der Waals surface area contributed by atoms with Gasteiger partial charge in [0.05, 0.1) is 0 Å². The quantitative estimate of drug-likeness (QED) is 0.843. The first-order valence-electron chi connectivity index (χ1n) is 9.92. The molecule has 0 unspecified atom stereocenters. The zero-order chi connectivity index (χ0) is 19.4. The monoisotopic (exact) mass is 368 g/mol. The summed E-state index contributed by atoms with van der Waals surface area (Å²) in [5.74, 6) is 1.68. The maximum atomic E-state index is 4.78. The molecule has 1 saturated heterocycles. The summed E-state index contributed by atoms with van der Waals surface area (Å²) in [6.45, 7) is 14.7. The summed E-state index contributed by atoms with van der Waals surface area (Å²) in [6, 6.07) is 8.60. The first-order chi connectivity index (χ1) is 13.0. The van der Waals surface area contributed by atoms with E-state index in [1.165, 1.54) is 11.3 Å². The number of hydrogen-bond donors (Lipinski definition) is 1. The molecule has 0 amide bonds. The number of piperazine rings is 1. The molecule has 27 heavy (non-hydrogen) atoms. The largest absolute Gasteiger partial charge is 0.372 e. The van der Waals surface area contributed by atoms with E-state index in [0.29, 0.717) is 5.95 Å². The summed E-state index contributed by atoms with van der Waals surface area (Å²) >= 11 is 0. The first kappa shape index (κ1) is 19.4. The van der Waals surface area contributed by atoms with E-state index in [2.05, 4.69) is 77.1 Å². The van der Waals surface area contributed by atoms with Gasteiger partial charge < -0.3 is 20.0 Å². The van der Waals surface area contributed by atoms with Crippen LogP contribution in [0.1, 0.15) is 25.1 Å². The zero-order valence-electron chi connectivity index (χ0n) is 17.3. The molecule has 0 spiro atoms. The molecule has 2 aromatic rings. The van der Waals surface area contributed by atoms with Gasteiger partial charge in [0, 0.05) is 62.4 Å². The van der Waals surface area contributed by atoms with E-state index in [-0.39, 0.29) is 0 Å². The molecule has 6 nitrogen and oxygen atoms in total. The molecular weight excluding hydrogens is 336 g/mol. The van der Waals surface area contributed by atoms with Crippen LogP contribution < -0.4 is 15.1 Å². The van der Waals surface area contributed by atoms with Crippen molar-refractivity contribution in [1.29, 1.82) is 0 Å². The fourth-order valence-corrected chi connectivity index (χ4v) is 3.50. The maximum Gasteiger partial charge on any atom is 0.229 e. The van der Waals surface area contributed by atoms with Crippen LogP contribution in [0.25, 0.3) is 0 Å². The number of nitrogens with zero attached hydrogens (tertiary/aromatic N) is 5. The molecule has 0 bridgehead atoms. The van der Waals surface area contributed by atoms with Gasteiger partial charge in [-0.25, -0.2) is 4.98 Å². The van der Waals surface area contributed by atoms with Crippen molar-refractivity contribution in [1.82, 2.24) is 14.9 Å². The van der Waals surface area contributed by atoms with E-state index in [0.717, 1.165) is 56.5 Å². The zero-order valence-corrected chi connectivity index (χ0v) is 17.3. The third-order valence-electron chi connectivity index (χ3n) is 5.25. The lowest BCUT2D eigenvalue weighted by Crippen LogP contribution is -2.44. The van der Waals surface area contributed by atoms with Gasteiger partial charge in [0.25, 0.3) is 0 Å². The Morgan fingerprint density at radius 1 is 1.00 bits per heavy atom. The fraction of sp³-hybridized carbons (Fsp3) is 0.524. The highest BCUT2D eigenvalue weighted by Gasteiger charge is 2.17. The maximum absolute atomic E-state index is 4.78. The van der Waals surface area contributed by atoms with Crippen molar-refractivity contribution in [2.24, 2.45) is 0 Å². The molecule has 6 heteroatoms. The van der Waals surface area contributed by atoms with Crippen molar-refractivity contribution in [2.45, 2.75) is 27.7 Å². The van der Waals surface area contributed by atoms with E-state index in [1.807, 2.05) is 6.92 Å². The van der Waals surface area contributed by atoms with Gasteiger partial charge in [0.2, 0.25) is 5.95 Å². The third-order valence-corrected chi connectivity index (χ3v) is 5.25. The minimum atomic E-state index is 0.669. The molecule has 1 aliphatic heterocycles. The number of hydrogen-bond acceptors (Lipinski definition) is 6. The van der Waals surface area contributed by atoms with Gasteiger partial charge in [-0.05, 0) is 58.5 Å². The lowest BCUT2D eigenvalue weighted by atomic mass is 10.1. The number of anilines is 4. The van der Waals surface area contributed by atoms with Gasteiger partial charge in [-0.15, -0.1) is 0 Å². The van der Waals surface area contributed by atoms with Gasteiger partial charge in [-0.1, -0.05) is 0 Å². The Balaban J connectivity index is 1.79. The van der Waals surface area contributed by atoms with Crippen LogP contribution in [0.4, 0.5) is 23.1 Å². The molecule has 0 radical (unpaired) electrons. The molecule has 1 N–H and O–H groups in total. The minimum absolute atomic E-state index is 0.669. The normalized spacial score (nSPS) is 15.1. The Kier molecular flexibility index (Phi) is 6.16. The van der Waals surface area contributed by atoms with Gasteiger partial charge in [0.15, 0.2) is 0 Å². The van der Waals surface area contributed by atoms with E-state index in [4.69, 9.17) is 4.98 Å². The Labute approximate surface area is 163 Å². The predicted octanol–water partition coefficient (Wildman–Crippen LogP) is 3.44. The Morgan fingerprint density at radius 2 is 1.70 bits per heavy atom. The second-order valence-electron chi connectivity index (χ2n) is 7.28. The van der Waals surface area contributed by atoms with Crippen LogP contribution in [-0.2, 0) is 0 Å². The van der Waals surface area contributed by atoms with Crippen molar-refractivity contribution in [3.63, 3.8) is 0 Å². The number of rotatable bonds is 6. The molecule has 3 rings (SSSR count). The van der Waals surface area contributed by atoms with Crippen molar-refractivity contribution in [3.05, 3.63) is 35.5 Å². The summed E-state index contributed by atoms with van der Waals surface area (Å²) in [5, 5.41) is 3.43. The highest BCUT2D eigenvalue weighted by atomic mass is 15.3. The smallest absolute Gasteiger partial charge is 0.229 e. The molecule has 1 aromatic carbocycles. The van der Waals surface area contributed by atoms with Crippen LogP contribution in [0.15, 0.2) is 24.3 Å². The van der Waals surface area contributed by atoms with Gasteiger partial charge in [-0.2, -0.15) is 4.98 Å².